The van der Waals surface area contributed by atoms with E-state index >= 15 is 0 Å². The van der Waals surface area contributed by atoms with Gasteiger partial charge in [0.15, 0.2) is 5.82 Å². The fourth-order valence-electron chi connectivity index (χ4n) is 4.88. The molecular weight excluding hydrogens is 494 g/mol. The van der Waals surface area contributed by atoms with Crippen LogP contribution in [0.1, 0.15) is 0 Å². The van der Waals surface area contributed by atoms with E-state index in [4.69, 9.17) is 9.97 Å². The second kappa shape index (κ2) is 10.1. The number of thiophene rings is 1. The molecule has 7 aromatic rings. The van der Waals surface area contributed by atoms with Gasteiger partial charge in [0.05, 0.1) is 21.8 Å². The number of nitrogens with zero attached hydrogens (tertiary/aromatic N) is 3. The predicted octanol–water partition coefficient (Wildman–Crippen LogP) is 9.42. The van der Waals surface area contributed by atoms with Crippen LogP contribution in [0.15, 0.2) is 139 Å². The summed E-state index contributed by atoms with van der Waals surface area (Å²) in [5.41, 5.74) is 9.58. The topological polar surface area (TPSA) is 38.7 Å². The molecule has 4 aromatic carbocycles. The van der Waals surface area contributed by atoms with Crippen LogP contribution in [0.25, 0.3) is 66.4 Å². The van der Waals surface area contributed by atoms with Crippen molar-refractivity contribution < 1.29 is 0 Å². The van der Waals surface area contributed by atoms with Gasteiger partial charge >= 0.3 is 0 Å². The average Bonchev–Trinajstić information content (AvgIpc) is 3.57. The monoisotopic (exact) mass is 517 g/mol. The lowest BCUT2D eigenvalue weighted by molar-refractivity contribution is 1.19. The maximum atomic E-state index is 4.98. The van der Waals surface area contributed by atoms with Crippen LogP contribution in [0.5, 0.6) is 0 Å². The molecule has 0 bridgehead atoms. The Kier molecular flexibility index (Phi) is 6.00. The molecule has 0 aliphatic carbocycles. The number of benzene rings is 4. The molecular formula is C35H23N3S. The van der Waals surface area contributed by atoms with Gasteiger partial charge in [-0.1, -0.05) is 109 Å². The SMILES string of the molecule is c1ccc(-c2ccc(-c3cc(-c4ccc(-c5cccc6cccnc56)cc4)nc(-c4cccs4)n3)cc2)cc1. The first-order chi connectivity index (χ1) is 19.3. The van der Waals surface area contributed by atoms with E-state index < -0.39 is 0 Å². The van der Waals surface area contributed by atoms with E-state index in [1.807, 2.05) is 24.4 Å². The molecule has 0 saturated heterocycles. The van der Waals surface area contributed by atoms with Crippen LogP contribution < -0.4 is 0 Å². The van der Waals surface area contributed by atoms with Crippen LogP contribution in [-0.4, -0.2) is 15.0 Å². The molecule has 0 saturated carbocycles. The zero-order chi connectivity index (χ0) is 26.0. The summed E-state index contributed by atoms with van der Waals surface area (Å²) in [4.78, 5) is 15.6. The fourth-order valence-corrected chi connectivity index (χ4v) is 5.54. The summed E-state index contributed by atoms with van der Waals surface area (Å²) >= 11 is 1.65. The highest BCUT2D eigenvalue weighted by molar-refractivity contribution is 7.13. The Hall–Kier alpha value is -4.93. The van der Waals surface area contributed by atoms with Gasteiger partial charge in [0.25, 0.3) is 0 Å². The highest BCUT2D eigenvalue weighted by Crippen LogP contribution is 2.33. The van der Waals surface area contributed by atoms with Crippen LogP contribution in [0.4, 0.5) is 0 Å². The summed E-state index contributed by atoms with van der Waals surface area (Å²) in [7, 11) is 0. The van der Waals surface area contributed by atoms with E-state index in [1.54, 1.807) is 11.3 Å². The van der Waals surface area contributed by atoms with Crippen molar-refractivity contribution in [3.8, 4) is 55.5 Å². The molecule has 0 amide bonds. The molecule has 7 rings (SSSR count). The first kappa shape index (κ1) is 23.2. The van der Waals surface area contributed by atoms with Crippen molar-refractivity contribution in [3.05, 3.63) is 139 Å². The molecule has 0 spiro atoms. The number of aromatic nitrogens is 3. The van der Waals surface area contributed by atoms with Gasteiger partial charge in [0, 0.05) is 28.3 Å². The largest absolute Gasteiger partial charge is 0.256 e. The molecule has 3 nitrogen and oxygen atoms in total. The summed E-state index contributed by atoms with van der Waals surface area (Å²) < 4.78 is 0. The first-order valence-electron chi connectivity index (χ1n) is 12.9. The maximum absolute atomic E-state index is 4.98. The molecule has 0 atom stereocenters. The zero-order valence-corrected chi connectivity index (χ0v) is 21.8. The van der Waals surface area contributed by atoms with Gasteiger partial charge in [-0.25, -0.2) is 9.97 Å². The number of para-hydroxylation sites is 1. The molecule has 184 valence electrons. The number of fused-ring (bicyclic) bond motifs is 1. The lowest BCUT2D eigenvalue weighted by Crippen LogP contribution is -1.95. The number of hydrogen-bond acceptors (Lipinski definition) is 4. The van der Waals surface area contributed by atoms with Gasteiger partial charge < -0.3 is 0 Å². The van der Waals surface area contributed by atoms with Crippen molar-refractivity contribution in [2.24, 2.45) is 0 Å². The molecule has 0 fully saturated rings. The van der Waals surface area contributed by atoms with Crippen molar-refractivity contribution in [2.45, 2.75) is 0 Å². The van der Waals surface area contributed by atoms with Crippen molar-refractivity contribution >= 4 is 22.2 Å². The summed E-state index contributed by atoms with van der Waals surface area (Å²) in [6.07, 6.45) is 1.85. The minimum atomic E-state index is 0.743. The van der Waals surface area contributed by atoms with Gasteiger partial charge in [0.1, 0.15) is 0 Å². The first-order valence-corrected chi connectivity index (χ1v) is 13.7. The number of rotatable bonds is 5. The molecule has 0 unspecified atom stereocenters. The van der Waals surface area contributed by atoms with Gasteiger partial charge in [-0.2, -0.15) is 0 Å². The Morgan fingerprint density at radius 3 is 1.82 bits per heavy atom. The quantitative estimate of drug-likeness (QED) is 0.228. The van der Waals surface area contributed by atoms with Crippen molar-refractivity contribution in [2.75, 3.05) is 0 Å². The van der Waals surface area contributed by atoms with E-state index in [1.165, 1.54) is 11.1 Å². The van der Waals surface area contributed by atoms with E-state index in [-0.39, 0.29) is 0 Å². The second-order valence-corrected chi connectivity index (χ2v) is 10.3. The smallest absolute Gasteiger partial charge is 0.170 e. The summed E-state index contributed by atoms with van der Waals surface area (Å²) in [5.74, 6) is 0.743. The van der Waals surface area contributed by atoms with E-state index in [0.717, 1.165) is 55.2 Å². The molecule has 3 heterocycles. The molecule has 0 N–H and O–H groups in total. The summed E-state index contributed by atoms with van der Waals surface area (Å²) in [6, 6.07) is 44.2. The lowest BCUT2D eigenvalue weighted by Gasteiger charge is -2.10. The van der Waals surface area contributed by atoms with Crippen molar-refractivity contribution in [1.82, 2.24) is 15.0 Å². The van der Waals surface area contributed by atoms with Gasteiger partial charge in [0.2, 0.25) is 0 Å². The highest BCUT2D eigenvalue weighted by Gasteiger charge is 2.12. The Balaban J connectivity index is 1.28. The Labute approximate surface area is 231 Å². The van der Waals surface area contributed by atoms with Crippen molar-refractivity contribution in [1.29, 1.82) is 0 Å². The van der Waals surface area contributed by atoms with Crippen molar-refractivity contribution in [3.63, 3.8) is 0 Å². The van der Waals surface area contributed by atoms with Gasteiger partial charge in [-0.3, -0.25) is 4.98 Å². The number of pyridine rings is 1. The van der Waals surface area contributed by atoms with E-state index in [2.05, 4.69) is 120 Å². The normalized spacial score (nSPS) is 11.1. The van der Waals surface area contributed by atoms with Crippen LogP contribution in [-0.2, 0) is 0 Å². The molecule has 4 heteroatoms. The Morgan fingerprint density at radius 2 is 1.13 bits per heavy atom. The van der Waals surface area contributed by atoms with Crippen LogP contribution >= 0.6 is 11.3 Å². The fraction of sp³-hybridized carbons (Fsp3) is 0. The second-order valence-electron chi connectivity index (χ2n) is 9.34. The maximum Gasteiger partial charge on any atom is 0.170 e. The van der Waals surface area contributed by atoms with Gasteiger partial charge in [-0.15, -0.1) is 11.3 Å². The van der Waals surface area contributed by atoms with E-state index in [0.29, 0.717) is 0 Å². The molecule has 0 aliphatic rings. The zero-order valence-electron chi connectivity index (χ0n) is 21.0. The minimum absolute atomic E-state index is 0.743. The molecule has 0 aliphatic heterocycles. The standard InChI is InChI=1S/C35H23N3S/c1-2-7-24(8-3-1)25-13-17-27(18-14-25)31-23-32(38-35(37-31)33-12-6-22-39-33)28-19-15-26(16-20-28)30-11-4-9-29-10-5-21-36-34(29)30/h1-23H. The van der Waals surface area contributed by atoms with Gasteiger partial charge in [-0.05, 0) is 40.3 Å². The molecule has 0 radical (unpaired) electrons. The highest BCUT2D eigenvalue weighted by atomic mass is 32.1. The average molecular weight is 518 g/mol. The summed E-state index contributed by atoms with van der Waals surface area (Å²) in [6.45, 7) is 0. The third-order valence-corrected chi connectivity index (χ3v) is 7.75. The summed E-state index contributed by atoms with van der Waals surface area (Å²) in [5, 5.41) is 3.20. The molecule has 3 aromatic heterocycles. The predicted molar refractivity (Wildman–Crippen MR) is 162 cm³/mol. The lowest BCUT2D eigenvalue weighted by atomic mass is 9.99. The Bertz CT molecular complexity index is 1870. The van der Waals surface area contributed by atoms with Crippen LogP contribution in [0.2, 0.25) is 0 Å². The Morgan fingerprint density at radius 1 is 0.487 bits per heavy atom. The number of hydrogen-bond donors (Lipinski definition) is 0. The van der Waals surface area contributed by atoms with Crippen LogP contribution in [0.3, 0.4) is 0 Å². The van der Waals surface area contributed by atoms with Crippen LogP contribution in [0, 0.1) is 0 Å². The minimum Gasteiger partial charge on any atom is -0.256 e. The van der Waals surface area contributed by atoms with E-state index in [9.17, 15) is 0 Å². The third-order valence-electron chi connectivity index (χ3n) is 6.88. The molecule has 39 heavy (non-hydrogen) atoms. The third kappa shape index (κ3) is 4.63.